The molecule has 0 bridgehead atoms. The lowest BCUT2D eigenvalue weighted by Gasteiger charge is -1.99. The molecule has 88 valence electrons. The van der Waals surface area contributed by atoms with Crippen LogP contribution in [0.15, 0.2) is 24.3 Å². The first-order valence-electron chi connectivity index (χ1n) is 5.00. The van der Waals surface area contributed by atoms with Crippen molar-refractivity contribution in [1.29, 1.82) is 0 Å². The molecule has 0 aromatic heterocycles. The number of aliphatic hydroxyl groups is 1. The van der Waals surface area contributed by atoms with Crippen molar-refractivity contribution in [3.63, 3.8) is 0 Å². The second-order valence-corrected chi connectivity index (χ2v) is 6.86. The summed E-state index contributed by atoms with van der Waals surface area (Å²) in [5.41, 5.74) is 0.930. The molecule has 1 saturated carbocycles. The Morgan fingerprint density at radius 1 is 1.31 bits per heavy atom. The third-order valence-corrected chi connectivity index (χ3v) is 4.94. The van der Waals surface area contributed by atoms with Gasteiger partial charge in [0.1, 0.15) is 0 Å². The number of benzene rings is 1. The lowest BCUT2D eigenvalue weighted by molar-refractivity contribution is 0.274. The van der Waals surface area contributed by atoms with Crippen LogP contribution in [0.1, 0.15) is 11.5 Å². The molecule has 5 heteroatoms. The van der Waals surface area contributed by atoms with Gasteiger partial charge in [-0.1, -0.05) is 23.7 Å². The molecule has 0 amide bonds. The van der Waals surface area contributed by atoms with E-state index in [1.807, 2.05) is 12.1 Å². The van der Waals surface area contributed by atoms with Gasteiger partial charge in [0.2, 0.25) is 0 Å². The number of aliphatic hydroxyl groups excluding tert-OH is 1. The minimum Gasteiger partial charge on any atom is -0.396 e. The molecule has 0 saturated heterocycles. The second kappa shape index (κ2) is 4.02. The molecule has 3 atom stereocenters. The van der Waals surface area contributed by atoms with E-state index >= 15 is 0 Å². The summed E-state index contributed by atoms with van der Waals surface area (Å²) in [6, 6.07) is 7.12. The molecule has 1 N–H and O–H groups in total. The van der Waals surface area contributed by atoms with Crippen LogP contribution in [-0.2, 0) is 9.84 Å². The maximum absolute atomic E-state index is 11.5. The SMILES string of the molecule is CS(=O)(=O)[C@H]1[C@H](CO)[C@@H]1c1ccc(Cl)cc1. The first-order valence-corrected chi connectivity index (χ1v) is 7.33. The van der Waals surface area contributed by atoms with Crippen LogP contribution in [0.25, 0.3) is 0 Å². The van der Waals surface area contributed by atoms with Crippen molar-refractivity contribution in [2.45, 2.75) is 11.2 Å². The maximum atomic E-state index is 11.5. The van der Waals surface area contributed by atoms with E-state index in [2.05, 4.69) is 0 Å². The molecule has 1 aliphatic carbocycles. The van der Waals surface area contributed by atoms with Gasteiger partial charge in [0.25, 0.3) is 0 Å². The van der Waals surface area contributed by atoms with Crippen LogP contribution in [0, 0.1) is 5.92 Å². The van der Waals surface area contributed by atoms with Crippen LogP contribution in [0.5, 0.6) is 0 Å². The molecule has 1 aliphatic rings. The van der Waals surface area contributed by atoms with E-state index in [1.54, 1.807) is 12.1 Å². The summed E-state index contributed by atoms with van der Waals surface area (Å²) in [6.45, 7) is -0.0922. The Balaban J connectivity index is 2.27. The topological polar surface area (TPSA) is 54.4 Å². The van der Waals surface area contributed by atoms with Crippen LogP contribution < -0.4 is 0 Å². The molecule has 0 heterocycles. The van der Waals surface area contributed by atoms with Crippen LogP contribution in [0.4, 0.5) is 0 Å². The summed E-state index contributed by atoms with van der Waals surface area (Å²) < 4.78 is 23.0. The third kappa shape index (κ3) is 2.10. The smallest absolute Gasteiger partial charge is 0.151 e. The standard InChI is InChI=1S/C11H13ClO3S/c1-16(14,15)11-9(6-13)10(11)7-2-4-8(12)5-3-7/h2-5,9-11,13H,6H2,1H3/t9-,10+,11+/m1/s1. The lowest BCUT2D eigenvalue weighted by Crippen LogP contribution is -2.08. The van der Waals surface area contributed by atoms with Gasteiger partial charge in [0, 0.05) is 29.7 Å². The Morgan fingerprint density at radius 2 is 1.88 bits per heavy atom. The third-order valence-electron chi connectivity index (χ3n) is 3.06. The number of hydrogen-bond acceptors (Lipinski definition) is 3. The van der Waals surface area contributed by atoms with E-state index in [9.17, 15) is 8.42 Å². The Morgan fingerprint density at radius 3 is 2.25 bits per heavy atom. The van der Waals surface area contributed by atoms with Gasteiger partial charge in [-0.3, -0.25) is 0 Å². The molecule has 1 fully saturated rings. The highest BCUT2D eigenvalue weighted by atomic mass is 35.5. The van der Waals surface area contributed by atoms with Gasteiger partial charge >= 0.3 is 0 Å². The average Bonchev–Trinajstić information content (AvgIpc) is 2.92. The quantitative estimate of drug-likeness (QED) is 0.895. The Hall–Kier alpha value is -0.580. The van der Waals surface area contributed by atoms with Crippen molar-refractivity contribution >= 4 is 21.4 Å². The zero-order valence-corrected chi connectivity index (χ0v) is 10.4. The molecule has 1 aromatic rings. The first kappa shape index (κ1) is 11.9. The van der Waals surface area contributed by atoms with Crippen molar-refractivity contribution in [3.05, 3.63) is 34.9 Å². The van der Waals surface area contributed by atoms with Crippen LogP contribution in [0.3, 0.4) is 0 Å². The fourth-order valence-corrected chi connectivity index (χ4v) is 4.08. The highest BCUT2D eigenvalue weighted by Gasteiger charge is 2.56. The summed E-state index contributed by atoms with van der Waals surface area (Å²) in [7, 11) is -3.09. The number of rotatable bonds is 3. The Labute approximate surface area is 100.0 Å². The van der Waals surface area contributed by atoms with Crippen LogP contribution in [-0.4, -0.2) is 31.6 Å². The van der Waals surface area contributed by atoms with Gasteiger partial charge in [-0.15, -0.1) is 0 Å². The zero-order chi connectivity index (χ0) is 11.9. The van der Waals surface area contributed by atoms with E-state index < -0.39 is 15.1 Å². The number of halogens is 1. The average molecular weight is 261 g/mol. The predicted molar refractivity (Wildman–Crippen MR) is 63.4 cm³/mol. The van der Waals surface area contributed by atoms with Gasteiger partial charge < -0.3 is 5.11 Å². The number of sulfone groups is 1. The predicted octanol–water partition coefficient (Wildman–Crippen LogP) is 1.46. The molecule has 0 spiro atoms. The molecular formula is C11H13ClO3S. The molecular weight excluding hydrogens is 248 g/mol. The summed E-state index contributed by atoms with van der Waals surface area (Å²) >= 11 is 5.77. The van der Waals surface area contributed by atoms with Crippen molar-refractivity contribution in [2.24, 2.45) is 5.92 Å². The largest absolute Gasteiger partial charge is 0.396 e. The maximum Gasteiger partial charge on any atom is 0.151 e. The summed E-state index contributed by atoms with van der Waals surface area (Å²) in [4.78, 5) is 0. The highest BCUT2D eigenvalue weighted by molar-refractivity contribution is 7.91. The van der Waals surface area contributed by atoms with E-state index in [0.717, 1.165) is 5.56 Å². The minimum absolute atomic E-state index is 0.0859. The van der Waals surface area contributed by atoms with Crippen molar-refractivity contribution in [1.82, 2.24) is 0 Å². The molecule has 3 nitrogen and oxygen atoms in total. The summed E-state index contributed by atoms with van der Waals surface area (Å²) in [5.74, 6) is -0.256. The van der Waals surface area contributed by atoms with Crippen molar-refractivity contribution < 1.29 is 13.5 Å². The van der Waals surface area contributed by atoms with E-state index in [1.165, 1.54) is 6.26 Å². The lowest BCUT2D eigenvalue weighted by atomic mass is 10.1. The van der Waals surface area contributed by atoms with Gasteiger partial charge in [0.05, 0.1) is 5.25 Å². The molecule has 0 radical (unpaired) electrons. The van der Waals surface area contributed by atoms with E-state index in [4.69, 9.17) is 16.7 Å². The molecule has 0 unspecified atom stereocenters. The molecule has 16 heavy (non-hydrogen) atoms. The van der Waals surface area contributed by atoms with Gasteiger partial charge in [-0.05, 0) is 17.7 Å². The first-order chi connectivity index (χ1) is 7.45. The van der Waals surface area contributed by atoms with Crippen LogP contribution >= 0.6 is 11.6 Å². The molecule has 0 aliphatic heterocycles. The van der Waals surface area contributed by atoms with Crippen molar-refractivity contribution in [3.8, 4) is 0 Å². The second-order valence-electron chi connectivity index (χ2n) is 4.22. The summed E-state index contributed by atoms with van der Waals surface area (Å²) in [5, 5.41) is 9.32. The monoisotopic (exact) mass is 260 g/mol. The van der Waals surface area contributed by atoms with Crippen LogP contribution in [0.2, 0.25) is 5.02 Å². The normalized spacial score (nSPS) is 29.1. The Bertz CT molecular complexity index is 480. The Kier molecular flexibility index (Phi) is 2.99. The zero-order valence-electron chi connectivity index (χ0n) is 8.80. The van der Waals surface area contributed by atoms with Crippen molar-refractivity contribution in [2.75, 3.05) is 12.9 Å². The van der Waals surface area contributed by atoms with Gasteiger partial charge in [0.15, 0.2) is 9.84 Å². The fraction of sp³-hybridized carbons (Fsp3) is 0.455. The van der Waals surface area contributed by atoms with E-state index in [-0.39, 0.29) is 18.4 Å². The molecule has 2 rings (SSSR count). The number of hydrogen-bond donors (Lipinski definition) is 1. The van der Waals surface area contributed by atoms with Gasteiger partial charge in [-0.2, -0.15) is 0 Å². The highest BCUT2D eigenvalue weighted by Crippen LogP contribution is 2.51. The minimum atomic E-state index is -3.09. The van der Waals surface area contributed by atoms with Gasteiger partial charge in [-0.25, -0.2) is 8.42 Å². The fourth-order valence-electron chi connectivity index (χ4n) is 2.27. The molecule has 1 aromatic carbocycles. The summed E-state index contributed by atoms with van der Waals surface area (Å²) in [6.07, 6.45) is 1.22. The van der Waals surface area contributed by atoms with E-state index in [0.29, 0.717) is 5.02 Å².